The number of benzene rings is 1. The second-order valence-corrected chi connectivity index (χ2v) is 6.31. The van der Waals surface area contributed by atoms with Crippen molar-refractivity contribution in [3.8, 4) is 5.69 Å². The minimum absolute atomic E-state index is 0.168. The quantitative estimate of drug-likeness (QED) is 0.852. The zero-order chi connectivity index (χ0) is 17.0. The van der Waals surface area contributed by atoms with Crippen LogP contribution in [0, 0.1) is 12.8 Å². The molecule has 124 valence electrons. The lowest BCUT2D eigenvalue weighted by atomic mass is 10.0. The van der Waals surface area contributed by atoms with Crippen LogP contribution in [0.1, 0.15) is 36.3 Å². The maximum absolute atomic E-state index is 12.3. The summed E-state index contributed by atoms with van der Waals surface area (Å²) in [6.07, 6.45) is 1.83. The van der Waals surface area contributed by atoms with Gasteiger partial charge >= 0.3 is 0 Å². The Kier molecular flexibility index (Phi) is 5.80. The third-order valence-electron chi connectivity index (χ3n) is 3.69. The van der Waals surface area contributed by atoms with Gasteiger partial charge in [0.1, 0.15) is 0 Å². The van der Waals surface area contributed by atoms with Crippen molar-refractivity contribution in [3.05, 3.63) is 46.7 Å². The van der Waals surface area contributed by atoms with E-state index in [9.17, 15) is 9.90 Å². The molecule has 2 atom stereocenters. The fourth-order valence-corrected chi connectivity index (χ4v) is 2.74. The molecule has 0 aliphatic heterocycles. The predicted octanol–water partition coefficient (Wildman–Crippen LogP) is 2.97. The number of hydrogen-bond acceptors (Lipinski definition) is 3. The molecule has 1 amide bonds. The van der Waals surface area contributed by atoms with Crippen LogP contribution in [0.25, 0.3) is 5.69 Å². The average Bonchev–Trinajstić information content (AvgIpc) is 2.86. The summed E-state index contributed by atoms with van der Waals surface area (Å²) in [7, 11) is 0. The fourth-order valence-electron chi connectivity index (χ4n) is 2.53. The lowest BCUT2D eigenvalue weighted by molar-refractivity contribution is 0.0938. The zero-order valence-corrected chi connectivity index (χ0v) is 14.3. The molecule has 1 aromatic heterocycles. The number of carbonyl (C=O) groups excluding carboxylic acids is 1. The van der Waals surface area contributed by atoms with Gasteiger partial charge in [0.25, 0.3) is 5.91 Å². The van der Waals surface area contributed by atoms with Gasteiger partial charge in [-0.15, -0.1) is 0 Å². The van der Waals surface area contributed by atoms with Crippen molar-refractivity contribution in [2.45, 2.75) is 33.3 Å². The van der Waals surface area contributed by atoms with Crippen LogP contribution in [0.3, 0.4) is 0 Å². The monoisotopic (exact) mass is 335 g/mol. The molecule has 0 fully saturated rings. The van der Waals surface area contributed by atoms with Gasteiger partial charge in [-0.3, -0.25) is 4.79 Å². The molecule has 2 aromatic rings. The smallest absolute Gasteiger partial charge is 0.254 e. The highest BCUT2D eigenvalue weighted by Crippen LogP contribution is 2.22. The summed E-state index contributed by atoms with van der Waals surface area (Å²) < 4.78 is 1.66. The molecule has 1 heterocycles. The summed E-state index contributed by atoms with van der Waals surface area (Å²) in [6, 6.07) is 7.37. The largest absolute Gasteiger partial charge is 0.393 e. The van der Waals surface area contributed by atoms with E-state index in [4.69, 9.17) is 11.6 Å². The van der Waals surface area contributed by atoms with Crippen LogP contribution in [-0.4, -0.2) is 33.4 Å². The van der Waals surface area contributed by atoms with Gasteiger partial charge in [0.15, 0.2) is 0 Å². The summed E-state index contributed by atoms with van der Waals surface area (Å²) in [5.41, 5.74) is 2.00. The molecule has 0 spiro atoms. The first-order valence-electron chi connectivity index (χ1n) is 7.66. The van der Waals surface area contributed by atoms with Gasteiger partial charge < -0.3 is 10.4 Å². The van der Waals surface area contributed by atoms with E-state index in [1.807, 2.05) is 32.0 Å². The molecule has 0 saturated carbocycles. The number of halogens is 1. The first kappa shape index (κ1) is 17.5. The molecule has 6 heteroatoms. The number of aliphatic hydroxyl groups is 1. The zero-order valence-electron chi connectivity index (χ0n) is 13.6. The standard InChI is InChI=1S/C17H22ClN3O2/c1-11(8-12(2)22)9-19-17(23)14-10-20-21(13(14)3)16-7-5-4-6-15(16)18/h4-7,10-12,22H,8-9H2,1-3H3,(H,19,23). The minimum Gasteiger partial charge on any atom is -0.393 e. The first-order valence-corrected chi connectivity index (χ1v) is 8.03. The van der Waals surface area contributed by atoms with Crippen LogP contribution in [-0.2, 0) is 0 Å². The molecular formula is C17H22ClN3O2. The Hall–Kier alpha value is -1.85. The fraction of sp³-hybridized carbons (Fsp3) is 0.412. The molecule has 0 aliphatic carbocycles. The van der Waals surface area contributed by atoms with Gasteiger partial charge in [0, 0.05) is 6.54 Å². The number of carbonyl (C=O) groups is 1. The van der Waals surface area contributed by atoms with Gasteiger partial charge in [0.05, 0.1) is 34.3 Å². The molecule has 2 unspecified atom stereocenters. The van der Waals surface area contributed by atoms with E-state index in [-0.39, 0.29) is 17.9 Å². The van der Waals surface area contributed by atoms with E-state index in [1.165, 1.54) is 0 Å². The van der Waals surface area contributed by atoms with E-state index < -0.39 is 0 Å². The van der Waals surface area contributed by atoms with Crippen molar-refractivity contribution < 1.29 is 9.90 Å². The Morgan fingerprint density at radius 1 is 1.39 bits per heavy atom. The molecule has 5 nitrogen and oxygen atoms in total. The highest BCUT2D eigenvalue weighted by atomic mass is 35.5. The molecule has 0 saturated heterocycles. The number of aliphatic hydroxyl groups excluding tert-OH is 1. The van der Waals surface area contributed by atoms with Crippen molar-refractivity contribution in [3.63, 3.8) is 0 Å². The van der Waals surface area contributed by atoms with Crippen LogP contribution >= 0.6 is 11.6 Å². The minimum atomic E-state index is -0.369. The van der Waals surface area contributed by atoms with Gasteiger partial charge in [0.2, 0.25) is 0 Å². The van der Waals surface area contributed by atoms with E-state index in [0.717, 1.165) is 11.4 Å². The van der Waals surface area contributed by atoms with Gasteiger partial charge in [-0.2, -0.15) is 5.10 Å². The Bertz CT molecular complexity index is 682. The third kappa shape index (κ3) is 4.33. The molecule has 23 heavy (non-hydrogen) atoms. The summed E-state index contributed by atoms with van der Waals surface area (Å²) in [5, 5.41) is 17.1. The maximum Gasteiger partial charge on any atom is 0.254 e. The van der Waals surface area contributed by atoms with E-state index in [1.54, 1.807) is 23.9 Å². The summed E-state index contributed by atoms with van der Waals surface area (Å²) >= 11 is 6.19. The predicted molar refractivity (Wildman–Crippen MR) is 91.1 cm³/mol. The van der Waals surface area contributed by atoms with Crippen LogP contribution in [0.4, 0.5) is 0 Å². The Balaban J connectivity index is 2.10. The average molecular weight is 336 g/mol. The highest BCUT2D eigenvalue weighted by molar-refractivity contribution is 6.32. The van der Waals surface area contributed by atoms with Crippen LogP contribution in [0.15, 0.2) is 30.5 Å². The molecule has 0 aliphatic rings. The number of aromatic nitrogens is 2. The van der Waals surface area contributed by atoms with Crippen molar-refractivity contribution in [2.24, 2.45) is 5.92 Å². The number of para-hydroxylation sites is 1. The Morgan fingerprint density at radius 2 is 2.09 bits per heavy atom. The maximum atomic E-state index is 12.3. The Morgan fingerprint density at radius 3 is 2.74 bits per heavy atom. The topological polar surface area (TPSA) is 67.2 Å². The SMILES string of the molecule is Cc1c(C(=O)NCC(C)CC(C)O)cnn1-c1ccccc1Cl. The lowest BCUT2D eigenvalue weighted by Crippen LogP contribution is -2.29. The van der Waals surface area contributed by atoms with Crippen LogP contribution < -0.4 is 5.32 Å². The molecule has 2 rings (SSSR count). The second kappa shape index (κ2) is 7.62. The second-order valence-electron chi connectivity index (χ2n) is 5.91. The van der Waals surface area contributed by atoms with E-state index >= 15 is 0 Å². The van der Waals surface area contributed by atoms with Crippen molar-refractivity contribution in [1.82, 2.24) is 15.1 Å². The molecule has 1 aromatic carbocycles. The number of rotatable bonds is 6. The number of nitrogens with one attached hydrogen (secondary N) is 1. The van der Waals surface area contributed by atoms with Crippen molar-refractivity contribution in [2.75, 3.05) is 6.54 Å². The molecule has 2 N–H and O–H groups in total. The number of amides is 1. The summed E-state index contributed by atoms with van der Waals surface area (Å²) in [6.45, 7) is 6.09. The lowest BCUT2D eigenvalue weighted by Gasteiger charge is -2.14. The van der Waals surface area contributed by atoms with Gasteiger partial charge in [-0.1, -0.05) is 30.7 Å². The molecule has 0 bridgehead atoms. The van der Waals surface area contributed by atoms with Crippen molar-refractivity contribution in [1.29, 1.82) is 0 Å². The van der Waals surface area contributed by atoms with Crippen LogP contribution in [0.5, 0.6) is 0 Å². The van der Waals surface area contributed by atoms with E-state index in [2.05, 4.69) is 10.4 Å². The number of nitrogens with zero attached hydrogens (tertiary/aromatic N) is 2. The summed E-state index contributed by atoms with van der Waals surface area (Å²) in [5.74, 6) is 0.0381. The van der Waals surface area contributed by atoms with E-state index in [0.29, 0.717) is 23.6 Å². The summed E-state index contributed by atoms with van der Waals surface area (Å²) in [4.78, 5) is 12.3. The highest BCUT2D eigenvalue weighted by Gasteiger charge is 2.17. The normalized spacial score (nSPS) is 13.6. The number of hydrogen-bond donors (Lipinski definition) is 2. The molecule has 0 radical (unpaired) electrons. The first-order chi connectivity index (χ1) is 10.9. The van der Waals surface area contributed by atoms with Crippen molar-refractivity contribution >= 4 is 17.5 Å². The van der Waals surface area contributed by atoms with Gasteiger partial charge in [-0.25, -0.2) is 4.68 Å². The third-order valence-corrected chi connectivity index (χ3v) is 4.01. The molecular weight excluding hydrogens is 314 g/mol. The Labute approximate surface area is 141 Å². The van der Waals surface area contributed by atoms with Crippen LogP contribution in [0.2, 0.25) is 5.02 Å². The van der Waals surface area contributed by atoms with Gasteiger partial charge in [-0.05, 0) is 38.3 Å².